The molecule has 0 unspecified atom stereocenters. The molecule has 0 aromatic carbocycles. The topological polar surface area (TPSA) is 62.6 Å². The molecule has 2 rings (SSSR count). The van der Waals surface area contributed by atoms with Crippen LogP contribution in [0.3, 0.4) is 0 Å². The van der Waals surface area contributed by atoms with E-state index in [0.29, 0.717) is 18.1 Å². The van der Waals surface area contributed by atoms with Crippen molar-refractivity contribution >= 4 is 23.6 Å². The van der Waals surface area contributed by atoms with Crippen LogP contribution in [0.25, 0.3) is 0 Å². The molecule has 2 atom stereocenters. The summed E-state index contributed by atoms with van der Waals surface area (Å²) < 4.78 is 5.30. The number of hydrogen-bond donors (Lipinski definition) is 1. The zero-order valence-corrected chi connectivity index (χ0v) is 14.4. The van der Waals surface area contributed by atoms with Gasteiger partial charge in [0.2, 0.25) is 11.8 Å². The van der Waals surface area contributed by atoms with Gasteiger partial charge in [-0.15, -0.1) is 11.8 Å². The van der Waals surface area contributed by atoms with Gasteiger partial charge in [-0.25, -0.2) is 0 Å². The first kappa shape index (κ1) is 16.9. The molecule has 1 N–H and O–H groups in total. The molecule has 0 saturated carbocycles. The van der Waals surface area contributed by atoms with Crippen molar-refractivity contribution in [2.75, 3.05) is 11.6 Å². The number of thioether (sulfide) groups is 1. The van der Waals surface area contributed by atoms with Crippen LogP contribution in [0, 0.1) is 5.41 Å². The number of rotatable bonds is 4. The van der Waals surface area contributed by atoms with Crippen molar-refractivity contribution in [3.8, 4) is 0 Å². The van der Waals surface area contributed by atoms with Crippen molar-refractivity contribution in [3.63, 3.8) is 0 Å². The second-order valence-corrected chi connectivity index (χ2v) is 7.73. The predicted octanol–water partition coefficient (Wildman–Crippen LogP) is 2.27. The molecule has 0 aliphatic carbocycles. The van der Waals surface area contributed by atoms with Crippen LogP contribution in [-0.4, -0.2) is 40.4 Å². The maximum atomic E-state index is 12.5. The van der Waals surface area contributed by atoms with Crippen molar-refractivity contribution in [2.24, 2.45) is 5.41 Å². The molecule has 1 saturated heterocycles. The quantitative estimate of drug-likeness (QED) is 0.923. The van der Waals surface area contributed by atoms with Crippen LogP contribution in [0.1, 0.15) is 33.5 Å². The van der Waals surface area contributed by atoms with Gasteiger partial charge < -0.3 is 14.6 Å². The van der Waals surface area contributed by atoms with Gasteiger partial charge in [-0.1, -0.05) is 20.8 Å². The summed E-state index contributed by atoms with van der Waals surface area (Å²) in [6, 6.07) is 3.32. The van der Waals surface area contributed by atoms with E-state index in [1.54, 1.807) is 22.9 Å². The van der Waals surface area contributed by atoms with Crippen LogP contribution in [0.2, 0.25) is 0 Å². The Morgan fingerprint density at radius 2 is 2.23 bits per heavy atom. The lowest BCUT2D eigenvalue weighted by Gasteiger charge is -2.30. The Bertz CT molecular complexity index is 522. The molecule has 22 heavy (non-hydrogen) atoms. The first-order valence-corrected chi connectivity index (χ1v) is 8.66. The summed E-state index contributed by atoms with van der Waals surface area (Å²) in [7, 11) is 0. The standard InChI is InChI=1S/C16H24N2O3S/c1-11(8-12-6-5-7-21-12)17-14(19)13-9-22-10-18(13)15(20)16(2,3)4/h5-7,11,13H,8-10H2,1-4H3,(H,17,19)/t11-,13+/m0/s1. The van der Waals surface area contributed by atoms with Gasteiger partial charge in [-0.2, -0.15) is 0 Å². The second kappa shape index (κ2) is 6.77. The molecule has 0 spiro atoms. The van der Waals surface area contributed by atoms with Crippen LogP contribution in [-0.2, 0) is 16.0 Å². The molecule has 6 heteroatoms. The van der Waals surface area contributed by atoms with E-state index in [4.69, 9.17) is 4.42 Å². The minimum atomic E-state index is -0.469. The van der Waals surface area contributed by atoms with Crippen LogP contribution in [0.5, 0.6) is 0 Å². The van der Waals surface area contributed by atoms with E-state index in [9.17, 15) is 9.59 Å². The van der Waals surface area contributed by atoms with Crippen LogP contribution in [0.15, 0.2) is 22.8 Å². The van der Waals surface area contributed by atoms with Gasteiger partial charge in [0.05, 0.1) is 12.1 Å². The summed E-state index contributed by atoms with van der Waals surface area (Å²) in [6.07, 6.45) is 2.27. The van der Waals surface area contributed by atoms with Crippen molar-refractivity contribution in [2.45, 2.75) is 46.2 Å². The van der Waals surface area contributed by atoms with Gasteiger partial charge in [0.15, 0.2) is 0 Å². The molecule has 0 radical (unpaired) electrons. The number of carbonyl (C=O) groups is 2. The molecule has 1 aromatic rings. The van der Waals surface area contributed by atoms with E-state index in [2.05, 4.69) is 5.32 Å². The zero-order valence-electron chi connectivity index (χ0n) is 13.6. The Morgan fingerprint density at radius 3 is 2.82 bits per heavy atom. The van der Waals surface area contributed by atoms with Crippen molar-refractivity contribution in [1.82, 2.24) is 10.2 Å². The predicted molar refractivity (Wildman–Crippen MR) is 87.4 cm³/mol. The maximum Gasteiger partial charge on any atom is 0.243 e. The summed E-state index contributed by atoms with van der Waals surface area (Å²) >= 11 is 1.62. The van der Waals surface area contributed by atoms with E-state index >= 15 is 0 Å². The molecule has 1 fully saturated rings. The first-order chi connectivity index (χ1) is 10.3. The molecular formula is C16H24N2O3S. The van der Waals surface area contributed by atoms with Gasteiger partial charge >= 0.3 is 0 Å². The van der Waals surface area contributed by atoms with Crippen molar-refractivity contribution in [1.29, 1.82) is 0 Å². The summed E-state index contributed by atoms with van der Waals surface area (Å²) in [6.45, 7) is 7.59. The molecule has 1 aliphatic heterocycles. The largest absolute Gasteiger partial charge is 0.469 e. The highest BCUT2D eigenvalue weighted by Crippen LogP contribution is 2.27. The van der Waals surface area contributed by atoms with Crippen LogP contribution in [0.4, 0.5) is 0 Å². The van der Waals surface area contributed by atoms with Gasteiger partial charge in [-0.3, -0.25) is 9.59 Å². The number of nitrogens with zero attached hydrogens (tertiary/aromatic N) is 1. The Morgan fingerprint density at radius 1 is 1.50 bits per heavy atom. The third-order valence-corrected chi connectivity index (χ3v) is 4.58. The third kappa shape index (κ3) is 4.06. The second-order valence-electron chi connectivity index (χ2n) is 6.73. The van der Waals surface area contributed by atoms with Gasteiger partial charge in [0, 0.05) is 23.6 Å². The van der Waals surface area contributed by atoms with Crippen LogP contribution < -0.4 is 5.32 Å². The highest BCUT2D eigenvalue weighted by atomic mass is 32.2. The lowest BCUT2D eigenvalue weighted by molar-refractivity contribution is -0.144. The number of hydrogen-bond acceptors (Lipinski definition) is 4. The van der Waals surface area contributed by atoms with E-state index in [1.807, 2.05) is 39.8 Å². The van der Waals surface area contributed by atoms with Crippen molar-refractivity contribution in [3.05, 3.63) is 24.2 Å². The molecule has 5 nitrogen and oxygen atoms in total. The fourth-order valence-corrected chi connectivity index (χ4v) is 3.57. The third-order valence-electron chi connectivity index (χ3n) is 3.56. The summed E-state index contributed by atoms with van der Waals surface area (Å²) in [5, 5.41) is 2.99. The normalized spacial score (nSPS) is 20.0. The van der Waals surface area contributed by atoms with Gasteiger partial charge in [0.25, 0.3) is 0 Å². The molecule has 1 aromatic heterocycles. The number of amides is 2. The van der Waals surface area contributed by atoms with Gasteiger partial charge in [0.1, 0.15) is 11.8 Å². The Balaban J connectivity index is 1.94. The van der Waals surface area contributed by atoms with E-state index < -0.39 is 5.41 Å². The van der Waals surface area contributed by atoms with Crippen LogP contribution >= 0.6 is 11.8 Å². The monoisotopic (exact) mass is 324 g/mol. The molecule has 2 heterocycles. The fourth-order valence-electron chi connectivity index (χ4n) is 2.41. The fraction of sp³-hybridized carbons (Fsp3) is 0.625. The molecular weight excluding hydrogens is 300 g/mol. The molecule has 0 bridgehead atoms. The lowest BCUT2D eigenvalue weighted by Crippen LogP contribution is -2.52. The maximum absolute atomic E-state index is 12.5. The zero-order chi connectivity index (χ0) is 16.3. The summed E-state index contributed by atoms with van der Waals surface area (Å²) in [5.41, 5.74) is -0.469. The number of nitrogens with one attached hydrogen (secondary N) is 1. The Kier molecular flexibility index (Phi) is 5.21. The van der Waals surface area contributed by atoms with Crippen molar-refractivity contribution < 1.29 is 14.0 Å². The van der Waals surface area contributed by atoms with E-state index in [1.165, 1.54) is 0 Å². The van der Waals surface area contributed by atoms with Gasteiger partial charge in [-0.05, 0) is 19.1 Å². The molecule has 122 valence electrons. The minimum Gasteiger partial charge on any atom is -0.469 e. The Hall–Kier alpha value is -1.43. The smallest absolute Gasteiger partial charge is 0.243 e. The Labute approximate surface area is 135 Å². The highest BCUT2D eigenvalue weighted by molar-refractivity contribution is 7.99. The lowest BCUT2D eigenvalue weighted by atomic mass is 9.94. The minimum absolute atomic E-state index is 0.0244. The molecule has 1 aliphatic rings. The SMILES string of the molecule is C[C@@H](Cc1ccco1)NC(=O)[C@H]1CSCN1C(=O)C(C)(C)C. The highest BCUT2D eigenvalue weighted by Gasteiger charge is 2.39. The number of furan rings is 1. The number of carbonyl (C=O) groups excluding carboxylic acids is 2. The summed E-state index contributed by atoms with van der Waals surface area (Å²) in [4.78, 5) is 26.6. The molecule has 2 amide bonds. The average molecular weight is 324 g/mol. The first-order valence-electron chi connectivity index (χ1n) is 7.50. The van der Waals surface area contributed by atoms with E-state index in [0.717, 1.165) is 5.76 Å². The van der Waals surface area contributed by atoms with E-state index in [-0.39, 0.29) is 23.9 Å². The summed E-state index contributed by atoms with van der Waals surface area (Å²) in [5.74, 6) is 2.02. The average Bonchev–Trinajstić information content (AvgIpc) is 3.06.